The Bertz CT molecular complexity index is 249. The quantitative estimate of drug-likeness (QED) is 0.716. The predicted octanol–water partition coefficient (Wildman–Crippen LogP) is 2.95. The van der Waals surface area contributed by atoms with Crippen molar-refractivity contribution in [3.05, 3.63) is 34.3 Å². The van der Waals surface area contributed by atoms with Gasteiger partial charge < -0.3 is 4.74 Å². The van der Waals surface area contributed by atoms with Crippen molar-refractivity contribution in [3.8, 4) is 0 Å². The average Bonchev–Trinajstić information content (AvgIpc) is 2.58. The molecular formula is C10H11BrO. The summed E-state index contributed by atoms with van der Waals surface area (Å²) in [6.45, 7) is 1.81. The first-order valence-corrected chi connectivity index (χ1v) is 4.99. The summed E-state index contributed by atoms with van der Waals surface area (Å²) in [5, 5.41) is 0. The van der Waals surface area contributed by atoms with Crippen molar-refractivity contribution in [1.29, 1.82) is 0 Å². The number of halogens is 1. The normalized spacial score (nSPS) is 22.9. The van der Waals surface area contributed by atoms with E-state index in [9.17, 15) is 0 Å². The maximum Gasteiger partial charge on any atom is 0.0535 e. The zero-order valence-corrected chi connectivity index (χ0v) is 8.38. The molecule has 1 atom stereocenters. The summed E-state index contributed by atoms with van der Waals surface area (Å²) in [5.41, 5.74) is 1.40. The van der Waals surface area contributed by atoms with Gasteiger partial charge in [0, 0.05) is 17.0 Å². The van der Waals surface area contributed by atoms with E-state index in [1.54, 1.807) is 0 Å². The predicted molar refractivity (Wildman–Crippen MR) is 52.3 cm³/mol. The molecule has 0 spiro atoms. The van der Waals surface area contributed by atoms with Gasteiger partial charge >= 0.3 is 0 Å². The summed E-state index contributed by atoms with van der Waals surface area (Å²) in [5.74, 6) is 0.623. The van der Waals surface area contributed by atoms with E-state index >= 15 is 0 Å². The van der Waals surface area contributed by atoms with E-state index < -0.39 is 0 Å². The Morgan fingerprint density at radius 1 is 1.25 bits per heavy atom. The third kappa shape index (κ3) is 1.70. The van der Waals surface area contributed by atoms with Gasteiger partial charge in [-0.1, -0.05) is 28.1 Å². The van der Waals surface area contributed by atoms with E-state index in [0.717, 1.165) is 17.7 Å². The first-order chi connectivity index (χ1) is 5.86. The second-order valence-electron chi connectivity index (χ2n) is 3.11. The van der Waals surface area contributed by atoms with Crippen LogP contribution in [-0.4, -0.2) is 13.2 Å². The molecule has 1 saturated heterocycles. The van der Waals surface area contributed by atoms with E-state index in [4.69, 9.17) is 4.74 Å². The SMILES string of the molecule is Brc1ccc(C2CCOC2)cc1. The van der Waals surface area contributed by atoms with Crippen molar-refractivity contribution in [2.45, 2.75) is 12.3 Å². The summed E-state index contributed by atoms with van der Waals surface area (Å²) >= 11 is 3.42. The van der Waals surface area contributed by atoms with Crippen molar-refractivity contribution in [2.75, 3.05) is 13.2 Å². The highest BCUT2D eigenvalue weighted by Crippen LogP contribution is 2.25. The molecule has 1 unspecified atom stereocenters. The fourth-order valence-electron chi connectivity index (χ4n) is 1.53. The molecule has 0 radical (unpaired) electrons. The van der Waals surface area contributed by atoms with Crippen molar-refractivity contribution in [2.24, 2.45) is 0 Å². The van der Waals surface area contributed by atoms with Gasteiger partial charge in [-0.2, -0.15) is 0 Å². The standard InChI is InChI=1S/C10H11BrO/c11-10-3-1-8(2-4-10)9-5-6-12-7-9/h1-4,9H,5-7H2. The summed E-state index contributed by atoms with van der Waals surface area (Å²) in [6.07, 6.45) is 1.17. The minimum Gasteiger partial charge on any atom is -0.381 e. The molecule has 1 aliphatic heterocycles. The number of hydrogen-bond acceptors (Lipinski definition) is 1. The first kappa shape index (κ1) is 8.27. The van der Waals surface area contributed by atoms with Crippen molar-refractivity contribution < 1.29 is 4.74 Å². The molecule has 0 aromatic heterocycles. The van der Waals surface area contributed by atoms with Crippen LogP contribution in [0.5, 0.6) is 0 Å². The molecule has 1 heterocycles. The third-order valence-electron chi connectivity index (χ3n) is 2.27. The second-order valence-corrected chi connectivity index (χ2v) is 4.03. The van der Waals surface area contributed by atoms with Crippen LogP contribution in [0.25, 0.3) is 0 Å². The Morgan fingerprint density at radius 3 is 2.58 bits per heavy atom. The highest BCUT2D eigenvalue weighted by molar-refractivity contribution is 9.10. The van der Waals surface area contributed by atoms with Crippen LogP contribution >= 0.6 is 15.9 Å². The van der Waals surface area contributed by atoms with Gasteiger partial charge in [0.25, 0.3) is 0 Å². The first-order valence-electron chi connectivity index (χ1n) is 4.19. The molecule has 1 aliphatic rings. The molecule has 0 bridgehead atoms. The Balaban J connectivity index is 2.17. The summed E-state index contributed by atoms with van der Waals surface area (Å²) in [6, 6.07) is 8.52. The highest BCUT2D eigenvalue weighted by atomic mass is 79.9. The van der Waals surface area contributed by atoms with Crippen molar-refractivity contribution in [3.63, 3.8) is 0 Å². The van der Waals surface area contributed by atoms with Crippen LogP contribution in [0, 0.1) is 0 Å². The van der Waals surface area contributed by atoms with E-state index in [0.29, 0.717) is 5.92 Å². The summed E-state index contributed by atoms with van der Waals surface area (Å²) in [7, 11) is 0. The molecule has 0 saturated carbocycles. The lowest BCUT2D eigenvalue weighted by atomic mass is 9.99. The lowest BCUT2D eigenvalue weighted by molar-refractivity contribution is 0.194. The molecule has 64 valence electrons. The maximum atomic E-state index is 5.33. The van der Waals surface area contributed by atoms with Gasteiger partial charge in [-0.25, -0.2) is 0 Å². The van der Waals surface area contributed by atoms with Crippen molar-refractivity contribution in [1.82, 2.24) is 0 Å². The van der Waals surface area contributed by atoms with Gasteiger partial charge in [0.2, 0.25) is 0 Å². The van der Waals surface area contributed by atoms with Crippen LogP contribution < -0.4 is 0 Å². The van der Waals surface area contributed by atoms with Crippen LogP contribution in [0.15, 0.2) is 28.7 Å². The number of hydrogen-bond donors (Lipinski definition) is 0. The zero-order valence-electron chi connectivity index (χ0n) is 6.79. The molecule has 1 nitrogen and oxygen atoms in total. The topological polar surface area (TPSA) is 9.23 Å². The fourth-order valence-corrected chi connectivity index (χ4v) is 1.80. The molecule has 1 fully saturated rings. The molecule has 1 aromatic rings. The lowest BCUT2D eigenvalue weighted by Gasteiger charge is -2.06. The fraction of sp³-hybridized carbons (Fsp3) is 0.400. The lowest BCUT2D eigenvalue weighted by Crippen LogP contribution is -1.96. The largest absolute Gasteiger partial charge is 0.381 e. The van der Waals surface area contributed by atoms with Gasteiger partial charge in [0.05, 0.1) is 6.61 Å². The number of ether oxygens (including phenoxy) is 1. The Labute approximate surface area is 80.9 Å². The van der Waals surface area contributed by atoms with Crippen LogP contribution in [0.2, 0.25) is 0 Å². The van der Waals surface area contributed by atoms with Gasteiger partial charge in [0.15, 0.2) is 0 Å². The van der Waals surface area contributed by atoms with Crippen LogP contribution in [-0.2, 0) is 4.74 Å². The van der Waals surface area contributed by atoms with E-state index in [-0.39, 0.29) is 0 Å². The smallest absolute Gasteiger partial charge is 0.0535 e. The van der Waals surface area contributed by atoms with Gasteiger partial charge in [-0.15, -0.1) is 0 Å². The minimum atomic E-state index is 0.623. The summed E-state index contributed by atoms with van der Waals surface area (Å²) in [4.78, 5) is 0. The monoisotopic (exact) mass is 226 g/mol. The van der Waals surface area contributed by atoms with Gasteiger partial charge in [-0.3, -0.25) is 0 Å². The minimum absolute atomic E-state index is 0.623. The molecule has 1 aromatic carbocycles. The van der Waals surface area contributed by atoms with Crippen molar-refractivity contribution >= 4 is 15.9 Å². The van der Waals surface area contributed by atoms with Crippen LogP contribution in [0.3, 0.4) is 0 Å². The zero-order chi connectivity index (χ0) is 8.39. The highest BCUT2D eigenvalue weighted by Gasteiger charge is 2.16. The van der Waals surface area contributed by atoms with Crippen LogP contribution in [0.1, 0.15) is 17.9 Å². The Morgan fingerprint density at radius 2 is 2.00 bits per heavy atom. The van der Waals surface area contributed by atoms with Gasteiger partial charge in [-0.05, 0) is 24.1 Å². The maximum absolute atomic E-state index is 5.33. The van der Waals surface area contributed by atoms with E-state index in [1.165, 1.54) is 12.0 Å². The molecule has 0 aliphatic carbocycles. The molecule has 0 N–H and O–H groups in total. The Kier molecular flexibility index (Phi) is 2.47. The number of benzene rings is 1. The average molecular weight is 227 g/mol. The molecular weight excluding hydrogens is 216 g/mol. The third-order valence-corrected chi connectivity index (χ3v) is 2.80. The van der Waals surface area contributed by atoms with E-state index in [1.807, 2.05) is 0 Å². The van der Waals surface area contributed by atoms with Gasteiger partial charge in [0.1, 0.15) is 0 Å². The molecule has 2 rings (SSSR count). The molecule has 12 heavy (non-hydrogen) atoms. The summed E-state index contributed by atoms with van der Waals surface area (Å²) < 4.78 is 6.47. The molecule has 2 heteroatoms. The molecule has 0 amide bonds. The van der Waals surface area contributed by atoms with E-state index in [2.05, 4.69) is 40.2 Å². The van der Waals surface area contributed by atoms with Crippen LogP contribution in [0.4, 0.5) is 0 Å². The Hall–Kier alpha value is -0.340. The second kappa shape index (κ2) is 3.58. The number of rotatable bonds is 1.